The number of likely N-dealkylation sites (N-methyl/N-ethyl adjacent to an activating group) is 1. The summed E-state index contributed by atoms with van der Waals surface area (Å²) in [7, 11) is 1.59. The number of ether oxygens (including phenoxy) is 1. The van der Waals surface area contributed by atoms with Gasteiger partial charge in [0.05, 0.1) is 13.7 Å². The zero-order valence-electron chi connectivity index (χ0n) is 15.6. The summed E-state index contributed by atoms with van der Waals surface area (Å²) in [5.74, 6) is 0.562. The Morgan fingerprint density at radius 3 is 2.38 bits per heavy atom. The van der Waals surface area contributed by atoms with Crippen molar-refractivity contribution in [1.29, 1.82) is 0 Å². The van der Waals surface area contributed by atoms with Crippen LogP contribution in [-0.4, -0.2) is 36.1 Å². The number of nitrogens with one attached hydrogen (secondary N) is 2. The maximum atomic E-state index is 12.4. The fourth-order valence-electron chi connectivity index (χ4n) is 2.65. The second-order valence-corrected chi connectivity index (χ2v) is 6.49. The molecular formula is C20H25N3O2S. The lowest BCUT2D eigenvalue weighted by Gasteiger charge is -2.24. The molecule has 0 radical (unpaired) electrons. The minimum Gasteiger partial charge on any atom is -0.497 e. The summed E-state index contributed by atoms with van der Waals surface area (Å²) in [5, 5.41) is 6.62. The van der Waals surface area contributed by atoms with E-state index in [4.69, 9.17) is 17.0 Å². The van der Waals surface area contributed by atoms with E-state index in [0.717, 1.165) is 16.8 Å². The molecule has 2 aromatic rings. The van der Waals surface area contributed by atoms with E-state index in [-0.39, 0.29) is 12.5 Å². The molecule has 138 valence electrons. The van der Waals surface area contributed by atoms with Crippen molar-refractivity contribution in [2.75, 3.05) is 30.8 Å². The van der Waals surface area contributed by atoms with Crippen LogP contribution < -0.4 is 15.4 Å². The third-order valence-electron chi connectivity index (χ3n) is 3.83. The molecule has 2 rings (SSSR count). The van der Waals surface area contributed by atoms with Crippen LogP contribution in [0.1, 0.15) is 18.1 Å². The summed E-state index contributed by atoms with van der Waals surface area (Å²) in [4.78, 5) is 14.2. The van der Waals surface area contributed by atoms with Gasteiger partial charge in [-0.05, 0) is 68.4 Å². The molecule has 1 amide bonds. The lowest BCUT2D eigenvalue weighted by Crippen LogP contribution is -2.40. The Bertz CT molecular complexity index is 772. The minimum atomic E-state index is -0.135. The molecule has 0 unspecified atom stereocenters. The number of nitrogens with zero attached hydrogens (tertiary/aromatic N) is 1. The Kier molecular flexibility index (Phi) is 6.97. The molecule has 0 atom stereocenters. The van der Waals surface area contributed by atoms with Crippen molar-refractivity contribution < 1.29 is 9.53 Å². The van der Waals surface area contributed by atoms with Gasteiger partial charge in [0.15, 0.2) is 5.11 Å². The summed E-state index contributed by atoms with van der Waals surface area (Å²) < 4.78 is 5.17. The highest BCUT2D eigenvalue weighted by Crippen LogP contribution is 2.17. The number of carbonyl (C=O) groups excluding carboxylic acids is 1. The Hall–Kier alpha value is -2.60. The molecule has 26 heavy (non-hydrogen) atoms. The van der Waals surface area contributed by atoms with Gasteiger partial charge in [-0.2, -0.15) is 0 Å². The Morgan fingerprint density at radius 2 is 1.77 bits per heavy atom. The molecule has 0 aromatic heterocycles. The molecule has 0 aliphatic heterocycles. The molecular weight excluding hydrogens is 346 g/mol. The smallest absolute Gasteiger partial charge is 0.243 e. The van der Waals surface area contributed by atoms with Gasteiger partial charge in [-0.15, -0.1) is 0 Å². The van der Waals surface area contributed by atoms with Crippen molar-refractivity contribution in [1.82, 2.24) is 4.90 Å². The summed E-state index contributed by atoms with van der Waals surface area (Å²) in [6.07, 6.45) is 0. The average molecular weight is 372 g/mol. The lowest BCUT2D eigenvalue weighted by molar-refractivity contribution is -0.116. The topological polar surface area (TPSA) is 53.6 Å². The van der Waals surface area contributed by atoms with Gasteiger partial charge in [0.2, 0.25) is 5.91 Å². The van der Waals surface area contributed by atoms with Crippen LogP contribution in [0.3, 0.4) is 0 Å². The van der Waals surface area contributed by atoms with E-state index in [1.54, 1.807) is 13.2 Å². The summed E-state index contributed by atoms with van der Waals surface area (Å²) in [5.41, 5.74) is 3.95. The number of hydrogen-bond donors (Lipinski definition) is 2. The maximum Gasteiger partial charge on any atom is 0.243 e. The van der Waals surface area contributed by atoms with Gasteiger partial charge < -0.3 is 20.3 Å². The number of amides is 1. The number of anilines is 2. The number of carbonyl (C=O) groups is 1. The van der Waals surface area contributed by atoms with Gasteiger partial charge in [0.1, 0.15) is 5.75 Å². The lowest BCUT2D eigenvalue weighted by atomic mass is 10.1. The zero-order valence-corrected chi connectivity index (χ0v) is 16.4. The molecule has 0 heterocycles. The fourth-order valence-corrected chi connectivity index (χ4v) is 2.96. The van der Waals surface area contributed by atoms with Crippen molar-refractivity contribution in [3.05, 3.63) is 53.6 Å². The number of rotatable bonds is 6. The molecule has 2 N–H and O–H groups in total. The van der Waals surface area contributed by atoms with E-state index in [9.17, 15) is 4.79 Å². The first-order valence-corrected chi connectivity index (χ1v) is 8.90. The first kappa shape index (κ1) is 19.7. The monoisotopic (exact) mass is 371 g/mol. The molecule has 0 spiro atoms. The van der Waals surface area contributed by atoms with Gasteiger partial charge in [0.25, 0.3) is 0 Å². The maximum absolute atomic E-state index is 12.4. The van der Waals surface area contributed by atoms with Gasteiger partial charge in [-0.3, -0.25) is 4.79 Å². The average Bonchev–Trinajstić information content (AvgIpc) is 2.58. The van der Waals surface area contributed by atoms with Crippen LogP contribution in [0.5, 0.6) is 5.75 Å². The number of methoxy groups -OCH3 is 1. The highest BCUT2D eigenvalue weighted by molar-refractivity contribution is 7.80. The van der Waals surface area contributed by atoms with E-state index >= 15 is 0 Å². The van der Waals surface area contributed by atoms with Gasteiger partial charge in [-0.1, -0.05) is 12.1 Å². The van der Waals surface area contributed by atoms with Crippen LogP contribution in [0.4, 0.5) is 11.4 Å². The predicted octanol–water partition coefficient (Wildman–Crippen LogP) is 3.97. The van der Waals surface area contributed by atoms with Crippen LogP contribution in [-0.2, 0) is 4.79 Å². The Morgan fingerprint density at radius 1 is 1.08 bits per heavy atom. The normalized spacial score (nSPS) is 10.2. The third kappa shape index (κ3) is 5.74. The summed E-state index contributed by atoms with van der Waals surface area (Å²) >= 11 is 5.48. The minimum absolute atomic E-state index is 0.135. The van der Waals surface area contributed by atoms with Gasteiger partial charge in [-0.25, -0.2) is 0 Å². The summed E-state index contributed by atoms with van der Waals surface area (Å²) in [6, 6.07) is 13.4. The van der Waals surface area contributed by atoms with Crippen LogP contribution in [0, 0.1) is 13.8 Å². The molecule has 0 aliphatic carbocycles. The SMILES string of the molecule is CCN(CC(=O)Nc1cccc(OC)c1)C(=S)Nc1cc(C)cc(C)c1. The van der Waals surface area contributed by atoms with Crippen molar-refractivity contribution in [2.45, 2.75) is 20.8 Å². The zero-order chi connectivity index (χ0) is 19.1. The standard InChI is InChI=1S/C20H25N3O2S/c1-5-23(20(26)22-17-10-14(2)9-15(3)11-17)13-19(24)21-16-7-6-8-18(12-16)25-4/h6-12H,5,13H2,1-4H3,(H,21,24)(H,22,26). The largest absolute Gasteiger partial charge is 0.497 e. The number of aryl methyl sites for hydroxylation is 2. The first-order valence-electron chi connectivity index (χ1n) is 8.49. The quantitative estimate of drug-likeness (QED) is 0.753. The molecule has 0 fully saturated rings. The van der Waals surface area contributed by atoms with Crippen LogP contribution in [0.2, 0.25) is 0 Å². The molecule has 0 saturated carbocycles. The van der Waals surface area contributed by atoms with E-state index in [0.29, 0.717) is 23.1 Å². The van der Waals surface area contributed by atoms with E-state index in [1.807, 2.05) is 56.0 Å². The van der Waals surface area contributed by atoms with Crippen molar-refractivity contribution >= 4 is 34.6 Å². The van der Waals surface area contributed by atoms with Crippen molar-refractivity contribution in [3.63, 3.8) is 0 Å². The number of hydrogen-bond acceptors (Lipinski definition) is 3. The highest BCUT2D eigenvalue weighted by Gasteiger charge is 2.13. The van der Waals surface area contributed by atoms with Crippen molar-refractivity contribution in [3.8, 4) is 5.75 Å². The summed E-state index contributed by atoms with van der Waals surface area (Å²) in [6.45, 7) is 6.85. The van der Waals surface area contributed by atoms with Crippen LogP contribution in [0.15, 0.2) is 42.5 Å². The van der Waals surface area contributed by atoms with E-state index in [2.05, 4.69) is 16.7 Å². The molecule has 0 aliphatic rings. The number of benzene rings is 2. The first-order chi connectivity index (χ1) is 12.4. The third-order valence-corrected chi connectivity index (χ3v) is 4.19. The predicted molar refractivity (Wildman–Crippen MR) is 111 cm³/mol. The molecule has 0 saturated heterocycles. The molecule has 0 bridgehead atoms. The second-order valence-electron chi connectivity index (χ2n) is 6.10. The van der Waals surface area contributed by atoms with Crippen LogP contribution in [0.25, 0.3) is 0 Å². The fraction of sp³-hybridized carbons (Fsp3) is 0.300. The van der Waals surface area contributed by atoms with E-state index < -0.39 is 0 Å². The second kappa shape index (κ2) is 9.20. The molecule has 2 aromatic carbocycles. The Labute approximate surface area is 160 Å². The van der Waals surface area contributed by atoms with E-state index in [1.165, 1.54) is 0 Å². The highest BCUT2D eigenvalue weighted by atomic mass is 32.1. The van der Waals surface area contributed by atoms with Crippen LogP contribution >= 0.6 is 12.2 Å². The molecule has 6 heteroatoms. The number of thiocarbonyl (C=S) groups is 1. The molecule has 5 nitrogen and oxygen atoms in total. The van der Waals surface area contributed by atoms with Gasteiger partial charge >= 0.3 is 0 Å². The van der Waals surface area contributed by atoms with Crippen molar-refractivity contribution in [2.24, 2.45) is 0 Å². The van der Waals surface area contributed by atoms with Gasteiger partial charge in [0, 0.05) is 24.0 Å². The Balaban J connectivity index is 1.98.